The number of aliphatic imine (C=N–C) groups is 1. The van der Waals surface area contributed by atoms with E-state index in [0.717, 1.165) is 16.7 Å². The maximum Gasteiger partial charge on any atom is 0.165 e. The molecule has 230 valence electrons. The minimum absolute atomic E-state index is 0.0724. The first-order valence-electron chi connectivity index (χ1n) is 14.9. The molecule has 0 saturated heterocycles. The average molecular weight is 613 g/mol. The number of anilines is 2. The summed E-state index contributed by atoms with van der Waals surface area (Å²) in [6.07, 6.45) is 4.75. The Morgan fingerprint density at radius 1 is 0.870 bits per heavy atom. The zero-order valence-electron chi connectivity index (χ0n) is 25.8. The highest BCUT2D eigenvalue weighted by Crippen LogP contribution is 2.40. The van der Waals surface area contributed by atoms with Crippen LogP contribution in [-0.4, -0.2) is 52.8 Å². The molecule has 0 amide bonds. The van der Waals surface area contributed by atoms with Gasteiger partial charge in [0.05, 0.1) is 22.8 Å². The fraction of sp³-hybridized carbons (Fsp3) is 0.135. The molecule has 2 heterocycles. The molecule has 2 aromatic heterocycles. The molecule has 46 heavy (non-hydrogen) atoms. The lowest BCUT2D eigenvalue weighted by molar-refractivity contribution is 0.261. The summed E-state index contributed by atoms with van der Waals surface area (Å²) in [5, 5.41) is 3.49. The van der Waals surface area contributed by atoms with Crippen molar-refractivity contribution in [3.05, 3.63) is 138 Å². The Balaban J connectivity index is 1.44. The van der Waals surface area contributed by atoms with Crippen molar-refractivity contribution in [2.75, 3.05) is 32.6 Å². The van der Waals surface area contributed by atoms with Crippen LogP contribution in [0.5, 0.6) is 17.2 Å². The highest BCUT2D eigenvalue weighted by molar-refractivity contribution is 6.14. The molecule has 0 aliphatic carbocycles. The summed E-state index contributed by atoms with van der Waals surface area (Å²) in [4.78, 5) is 19.9. The van der Waals surface area contributed by atoms with Crippen molar-refractivity contribution in [3.63, 3.8) is 0 Å². The number of hydrogen-bond acceptors (Lipinski definition) is 8. The van der Waals surface area contributed by atoms with Crippen LogP contribution in [0.3, 0.4) is 0 Å². The molecule has 9 heteroatoms. The number of benzene rings is 4. The molecule has 0 unspecified atom stereocenters. The van der Waals surface area contributed by atoms with Crippen molar-refractivity contribution in [1.82, 2.24) is 19.9 Å². The third-order valence-corrected chi connectivity index (χ3v) is 7.22. The number of pyridine rings is 1. The molecule has 8 nitrogen and oxygen atoms in total. The zero-order chi connectivity index (χ0) is 31.9. The molecule has 0 radical (unpaired) electrons. The first-order valence-corrected chi connectivity index (χ1v) is 14.9. The van der Waals surface area contributed by atoms with Gasteiger partial charge in [0.1, 0.15) is 41.7 Å². The summed E-state index contributed by atoms with van der Waals surface area (Å²) in [7, 11) is 3.91. The Morgan fingerprint density at radius 2 is 1.61 bits per heavy atom. The molecule has 0 fully saturated rings. The van der Waals surface area contributed by atoms with Crippen molar-refractivity contribution in [3.8, 4) is 17.2 Å². The van der Waals surface area contributed by atoms with Crippen molar-refractivity contribution in [1.29, 1.82) is 0 Å². The number of fused-ring (bicyclic) bond motifs is 1. The van der Waals surface area contributed by atoms with E-state index < -0.39 is 5.82 Å². The molecule has 0 spiro atoms. The van der Waals surface area contributed by atoms with Crippen molar-refractivity contribution >= 4 is 33.8 Å². The lowest BCUT2D eigenvalue weighted by Gasteiger charge is -2.17. The molecule has 6 rings (SSSR count). The van der Waals surface area contributed by atoms with Gasteiger partial charge in [0, 0.05) is 35.6 Å². The number of rotatable bonds is 11. The van der Waals surface area contributed by atoms with Gasteiger partial charge < -0.3 is 19.7 Å². The fourth-order valence-electron chi connectivity index (χ4n) is 4.90. The summed E-state index contributed by atoms with van der Waals surface area (Å²) >= 11 is 0. The molecule has 0 atom stereocenters. The summed E-state index contributed by atoms with van der Waals surface area (Å²) in [6, 6.07) is 30.4. The van der Waals surface area contributed by atoms with Gasteiger partial charge in [0.25, 0.3) is 0 Å². The summed E-state index contributed by atoms with van der Waals surface area (Å²) in [6.45, 7) is 2.92. The van der Waals surface area contributed by atoms with E-state index in [1.54, 1.807) is 18.5 Å². The second kappa shape index (κ2) is 14.0. The van der Waals surface area contributed by atoms with Crippen LogP contribution in [0.4, 0.5) is 21.6 Å². The normalized spacial score (nSPS) is 11.0. The number of aryl methyl sites for hydroxylation is 1. The van der Waals surface area contributed by atoms with Crippen LogP contribution in [0.25, 0.3) is 10.9 Å². The molecule has 6 aromatic rings. The Bertz CT molecular complexity index is 1930. The van der Waals surface area contributed by atoms with Gasteiger partial charge in [-0.05, 0) is 56.9 Å². The number of likely N-dealkylation sites (N-methyl/N-ethyl adjacent to an activating group) is 1. The first kappa shape index (κ1) is 30.4. The Morgan fingerprint density at radius 3 is 2.26 bits per heavy atom. The topological polar surface area (TPSA) is 84.8 Å². The SMILES string of the molecule is Cc1cc(Nc2ncnc3cc(OCCN(C)C)c(N=C(c4ccccc4)c4ccccc4)c(F)c23)ccc1Oc1cccnc1. The summed E-state index contributed by atoms with van der Waals surface area (Å²) in [5.74, 6) is 1.34. The van der Waals surface area contributed by atoms with Crippen molar-refractivity contribution < 1.29 is 13.9 Å². The first-order chi connectivity index (χ1) is 22.5. The van der Waals surface area contributed by atoms with E-state index in [-0.39, 0.29) is 11.1 Å². The minimum Gasteiger partial charge on any atom is -0.490 e. The third-order valence-electron chi connectivity index (χ3n) is 7.22. The quantitative estimate of drug-likeness (QED) is 0.148. The van der Waals surface area contributed by atoms with Crippen LogP contribution >= 0.6 is 0 Å². The van der Waals surface area contributed by atoms with Gasteiger partial charge in [-0.1, -0.05) is 60.7 Å². The number of aromatic nitrogens is 3. The highest BCUT2D eigenvalue weighted by atomic mass is 19.1. The second-order valence-electron chi connectivity index (χ2n) is 10.9. The van der Waals surface area contributed by atoms with Crippen LogP contribution in [-0.2, 0) is 0 Å². The third kappa shape index (κ3) is 7.00. The molecular formula is C37H33FN6O2. The van der Waals surface area contributed by atoms with E-state index in [0.29, 0.717) is 53.1 Å². The Labute approximate surface area is 267 Å². The smallest absolute Gasteiger partial charge is 0.165 e. The number of nitrogens with zero attached hydrogens (tertiary/aromatic N) is 5. The van der Waals surface area contributed by atoms with Gasteiger partial charge in [-0.3, -0.25) is 4.98 Å². The standard InChI is InChI=1S/C37H33FN6O2/c1-25-21-28(16-17-31(25)46-29-15-10-18-39-23-29)42-37-33-30(40-24-41-37)22-32(45-20-19-44(2)3)36(34(33)38)43-35(26-11-6-4-7-12-26)27-13-8-5-9-14-27/h4-18,21-24H,19-20H2,1-3H3,(H,40,41,42). The van der Waals surface area contributed by atoms with Crippen LogP contribution in [0.1, 0.15) is 16.7 Å². The number of nitrogens with one attached hydrogen (secondary N) is 1. The zero-order valence-corrected chi connectivity index (χ0v) is 25.8. The largest absolute Gasteiger partial charge is 0.490 e. The van der Waals surface area contributed by atoms with Gasteiger partial charge in [0.15, 0.2) is 5.82 Å². The maximum atomic E-state index is 16.9. The minimum atomic E-state index is -0.585. The van der Waals surface area contributed by atoms with E-state index in [1.165, 1.54) is 6.33 Å². The van der Waals surface area contributed by atoms with Gasteiger partial charge in [-0.2, -0.15) is 0 Å². The molecule has 4 aromatic carbocycles. The van der Waals surface area contributed by atoms with E-state index in [4.69, 9.17) is 14.5 Å². The monoisotopic (exact) mass is 612 g/mol. The molecule has 1 N–H and O–H groups in total. The lowest BCUT2D eigenvalue weighted by Crippen LogP contribution is -2.19. The van der Waals surface area contributed by atoms with E-state index >= 15 is 4.39 Å². The maximum absolute atomic E-state index is 16.9. The van der Waals surface area contributed by atoms with E-state index in [1.807, 2.05) is 117 Å². The van der Waals surface area contributed by atoms with E-state index in [2.05, 4.69) is 20.3 Å². The fourth-order valence-corrected chi connectivity index (χ4v) is 4.90. The number of ether oxygens (including phenoxy) is 2. The van der Waals surface area contributed by atoms with Crippen molar-refractivity contribution in [2.24, 2.45) is 4.99 Å². The predicted octanol–water partition coefficient (Wildman–Crippen LogP) is 8.12. The predicted molar refractivity (Wildman–Crippen MR) is 181 cm³/mol. The molecule has 0 saturated carbocycles. The second-order valence-corrected chi connectivity index (χ2v) is 10.9. The summed E-state index contributed by atoms with van der Waals surface area (Å²) < 4.78 is 29.1. The molecule has 0 aliphatic heterocycles. The number of hydrogen-bond donors (Lipinski definition) is 1. The van der Waals surface area contributed by atoms with E-state index in [9.17, 15) is 0 Å². The van der Waals surface area contributed by atoms with Gasteiger partial charge in [-0.25, -0.2) is 19.4 Å². The molecule has 0 bridgehead atoms. The van der Waals surface area contributed by atoms with Gasteiger partial charge in [0.2, 0.25) is 0 Å². The Hall–Kier alpha value is -5.67. The van der Waals surface area contributed by atoms with Gasteiger partial charge >= 0.3 is 0 Å². The van der Waals surface area contributed by atoms with Crippen LogP contribution in [0.15, 0.2) is 121 Å². The average Bonchev–Trinajstić information content (AvgIpc) is 3.07. The van der Waals surface area contributed by atoms with Crippen LogP contribution < -0.4 is 14.8 Å². The van der Waals surface area contributed by atoms with Gasteiger partial charge in [-0.15, -0.1) is 0 Å². The van der Waals surface area contributed by atoms with Crippen LogP contribution in [0.2, 0.25) is 0 Å². The molecule has 0 aliphatic rings. The lowest BCUT2D eigenvalue weighted by atomic mass is 10.0. The molecular weight excluding hydrogens is 579 g/mol. The van der Waals surface area contributed by atoms with Crippen LogP contribution in [0, 0.1) is 12.7 Å². The highest BCUT2D eigenvalue weighted by Gasteiger charge is 2.21. The van der Waals surface area contributed by atoms with Crippen molar-refractivity contribution in [2.45, 2.75) is 6.92 Å². The summed E-state index contributed by atoms with van der Waals surface area (Å²) in [5.41, 5.74) is 4.36. The Kier molecular flexibility index (Phi) is 9.22. The number of halogens is 1.